The van der Waals surface area contributed by atoms with Gasteiger partial charge in [-0.15, -0.1) is 0 Å². The monoisotopic (exact) mass is 312 g/mol. The minimum Gasteiger partial charge on any atom is -0.496 e. The van der Waals surface area contributed by atoms with Gasteiger partial charge in [0.1, 0.15) is 11.6 Å². The molecule has 23 heavy (non-hydrogen) atoms. The van der Waals surface area contributed by atoms with Crippen molar-refractivity contribution in [3.63, 3.8) is 0 Å². The molecule has 120 valence electrons. The number of nitrogens with zero attached hydrogens (tertiary/aromatic N) is 1. The van der Waals surface area contributed by atoms with Crippen molar-refractivity contribution < 1.29 is 9.13 Å². The Bertz CT molecular complexity index is 731. The van der Waals surface area contributed by atoms with E-state index in [1.807, 2.05) is 0 Å². The van der Waals surface area contributed by atoms with Crippen LogP contribution in [0, 0.1) is 5.82 Å². The molecule has 2 aromatic carbocycles. The van der Waals surface area contributed by atoms with E-state index in [4.69, 9.17) is 4.74 Å². The fourth-order valence-electron chi connectivity index (χ4n) is 3.90. The normalized spacial score (nSPS) is 19.9. The van der Waals surface area contributed by atoms with Gasteiger partial charge in [-0.2, -0.15) is 0 Å². The third kappa shape index (κ3) is 2.47. The summed E-state index contributed by atoms with van der Waals surface area (Å²) in [7, 11) is 1.64. The Balaban J connectivity index is 1.87. The van der Waals surface area contributed by atoms with Crippen LogP contribution < -0.4 is 15.0 Å². The Labute approximate surface area is 136 Å². The number of anilines is 1. The Morgan fingerprint density at radius 2 is 2.09 bits per heavy atom. The zero-order valence-corrected chi connectivity index (χ0v) is 13.3. The lowest BCUT2D eigenvalue weighted by atomic mass is 9.99. The van der Waals surface area contributed by atoms with Crippen LogP contribution in [-0.4, -0.2) is 32.8 Å². The van der Waals surface area contributed by atoms with Gasteiger partial charge in [0.25, 0.3) is 0 Å². The number of para-hydroxylation sites is 1. The molecule has 0 aliphatic carbocycles. The van der Waals surface area contributed by atoms with Crippen molar-refractivity contribution in [3.05, 3.63) is 47.8 Å². The maximum absolute atomic E-state index is 13.8. The lowest BCUT2D eigenvalue weighted by Crippen LogP contribution is -2.33. The van der Waals surface area contributed by atoms with Crippen molar-refractivity contribution in [1.29, 1.82) is 0 Å². The summed E-state index contributed by atoms with van der Waals surface area (Å²) in [6, 6.07) is 11.6. The molecule has 1 saturated heterocycles. The number of rotatable bonds is 2. The first-order chi connectivity index (χ1) is 11.3. The molecule has 1 unspecified atom stereocenters. The van der Waals surface area contributed by atoms with Crippen molar-refractivity contribution >= 4 is 5.69 Å². The smallest absolute Gasteiger partial charge is 0.126 e. The summed E-state index contributed by atoms with van der Waals surface area (Å²) >= 11 is 0. The molecule has 2 aromatic rings. The van der Waals surface area contributed by atoms with Crippen LogP contribution in [0.2, 0.25) is 0 Å². The molecular weight excluding hydrogens is 291 g/mol. The number of halogens is 1. The quantitative estimate of drug-likeness (QED) is 0.921. The molecule has 0 spiro atoms. The molecule has 2 aliphatic heterocycles. The minimum absolute atomic E-state index is 0.231. The highest BCUT2D eigenvalue weighted by molar-refractivity contribution is 5.86. The number of benzene rings is 2. The Kier molecular flexibility index (Phi) is 3.69. The number of nitrogens with one attached hydrogen (secondary N) is 1. The molecule has 1 fully saturated rings. The van der Waals surface area contributed by atoms with Crippen LogP contribution in [0.25, 0.3) is 11.1 Å². The molecule has 2 aliphatic rings. The fraction of sp³-hybridized carbons (Fsp3) is 0.368. The molecule has 3 nitrogen and oxygen atoms in total. The average molecular weight is 312 g/mol. The second kappa shape index (κ2) is 5.85. The van der Waals surface area contributed by atoms with Crippen LogP contribution in [-0.2, 0) is 6.42 Å². The third-order valence-corrected chi connectivity index (χ3v) is 4.94. The fourth-order valence-corrected chi connectivity index (χ4v) is 3.90. The van der Waals surface area contributed by atoms with Gasteiger partial charge in [-0.05, 0) is 43.1 Å². The van der Waals surface area contributed by atoms with Crippen LogP contribution in [0.3, 0.4) is 0 Å². The first kappa shape index (κ1) is 14.5. The van der Waals surface area contributed by atoms with Crippen LogP contribution >= 0.6 is 0 Å². The molecule has 0 bridgehead atoms. The number of hydrogen-bond acceptors (Lipinski definition) is 3. The molecule has 0 saturated carbocycles. The van der Waals surface area contributed by atoms with E-state index < -0.39 is 0 Å². The Morgan fingerprint density at radius 1 is 1.17 bits per heavy atom. The molecule has 0 aromatic heterocycles. The van der Waals surface area contributed by atoms with E-state index in [-0.39, 0.29) is 5.82 Å². The molecule has 4 rings (SSSR count). The highest BCUT2D eigenvalue weighted by Gasteiger charge is 2.32. The Morgan fingerprint density at radius 3 is 2.96 bits per heavy atom. The van der Waals surface area contributed by atoms with Gasteiger partial charge in [0.2, 0.25) is 0 Å². The highest BCUT2D eigenvalue weighted by atomic mass is 19.1. The van der Waals surface area contributed by atoms with E-state index in [0.29, 0.717) is 6.04 Å². The van der Waals surface area contributed by atoms with Crippen LogP contribution in [0.1, 0.15) is 12.0 Å². The van der Waals surface area contributed by atoms with Gasteiger partial charge < -0.3 is 15.0 Å². The van der Waals surface area contributed by atoms with Crippen molar-refractivity contribution in [2.45, 2.75) is 18.9 Å². The number of hydrogen-bond donors (Lipinski definition) is 1. The lowest BCUT2D eigenvalue weighted by molar-refractivity contribution is 0.415. The second-order valence-electron chi connectivity index (χ2n) is 6.25. The predicted octanol–water partition coefficient (Wildman–Crippen LogP) is 3.23. The van der Waals surface area contributed by atoms with Crippen LogP contribution in [0.5, 0.6) is 5.75 Å². The zero-order valence-electron chi connectivity index (χ0n) is 13.3. The van der Waals surface area contributed by atoms with E-state index in [0.717, 1.165) is 49.4 Å². The highest BCUT2D eigenvalue weighted by Crippen LogP contribution is 2.44. The van der Waals surface area contributed by atoms with E-state index in [9.17, 15) is 4.39 Å². The number of fused-ring (bicyclic) bond motifs is 3. The van der Waals surface area contributed by atoms with Gasteiger partial charge in [-0.1, -0.05) is 18.2 Å². The van der Waals surface area contributed by atoms with E-state index in [1.54, 1.807) is 19.2 Å². The van der Waals surface area contributed by atoms with Gasteiger partial charge >= 0.3 is 0 Å². The molecule has 1 N–H and O–H groups in total. The standard InChI is InChI=1S/C19H21FN2O/c1-23-18-6-5-14(20)12-17(18)16-4-2-3-13-11-15-7-8-21-9-10-22(15)19(13)16/h2-6,12,15,21H,7-11H2,1H3. The zero-order chi connectivity index (χ0) is 15.8. The first-order valence-corrected chi connectivity index (χ1v) is 8.21. The van der Waals surface area contributed by atoms with Crippen molar-refractivity contribution in [1.82, 2.24) is 5.32 Å². The summed E-state index contributed by atoms with van der Waals surface area (Å²) in [4.78, 5) is 2.50. The summed E-state index contributed by atoms with van der Waals surface area (Å²) in [6.07, 6.45) is 2.22. The summed E-state index contributed by atoms with van der Waals surface area (Å²) in [6.45, 7) is 3.05. The molecule has 4 heteroatoms. The topological polar surface area (TPSA) is 24.5 Å². The first-order valence-electron chi connectivity index (χ1n) is 8.21. The van der Waals surface area contributed by atoms with Gasteiger partial charge in [-0.3, -0.25) is 0 Å². The van der Waals surface area contributed by atoms with E-state index in [1.165, 1.54) is 17.3 Å². The van der Waals surface area contributed by atoms with Crippen LogP contribution in [0.4, 0.5) is 10.1 Å². The summed E-state index contributed by atoms with van der Waals surface area (Å²) in [5.74, 6) is 0.488. The Hall–Kier alpha value is -2.07. The second-order valence-corrected chi connectivity index (χ2v) is 6.25. The van der Waals surface area contributed by atoms with E-state index >= 15 is 0 Å². The average Bonchev–Trinajstić information content (AvgIpc) is 2.76. The molecular formula is C19H21FN2O. The maximum Gasteiger partial charge on any atom is 0.126 e. The number of methoxy groups -OCH3 is 1. The van der Waals surface area contributed by atoms with Crippen molar-refractivity contribution in [3.8, 4) is 16.9 Å². The summed E-state index contributed by atoms with van der Waals surface area (Å²) < 4.78 is 19.3. The molecule has 2 heterocycles. The number of ether oxygens (including phenoxy) is 1. The van der Waals surface area contributed by atoms with Gasteiger partial charge in [0, 0.05) is 35.9 Å². The van der Waals surface area contributed by atoms with Crippen molar-refractivity contribution in [2.75, 3.05) is 31.6 Å². The predicted molar refractivity (Wildman–Crippen MR) is 90.7 cm³/mol. The van der Waals surface area contributed by atoms with Crippen molar-refractivity contribution in [2.24, 2.45) is 0 Å². The molecule has 1 atom stereocenters. The third-order valence-electron chi connectivity index (χ3n) is 4.94. The lowest BCUT2D eigenvalue weighted by Gasteiger charge is -2.27. The van der Waals surface area contributed by atoms with Gasteiger partial charge in [-0.25, -0.2) is 4.39 Å². The largest absolute Gasteiger partial charge is 0.496 e. The van der Waals surface area contributed by atoms with Crippen LogP contribution in [0.15, 0.2) is 36.4 Å². The van der Waals surface area contributed by atoms with E-state index in [2.05, 4.69) is 28.4 Å². The maximum atomic E-state index is 13.8. The van der Waals surface area contributed by atoms with Gasteiger partial charge in [0.05, 0.1) is 7.11 Å². The SMILES string of the molecule is COc1ccc(F)cc1-c1cccc2c1N1CCNCCC1C2. The summed E-state index contributed by atoms with van der Waals surface area (Å²) in [5, 5.41) is 3.47. The molecule has 0 radical (unpaired) electrons. The van der Waals surface area contributed by atoms with Gasteiger partial charge in [0.15, 0.2) is 0 Å². The minimum atomic E-state index is -0.231. The molecule has 0 amide bonds. The summed E-state index contributed by atoms with van der Waals surface area (Å²) in [5.41, 5.74) is 4.52.